The van der Waals surface area contributed by atoms with E-state index in [-0.39, 0.29) is 5.41 Å². The highest BCUT2D eigenvalue weighted by Crippen LogP contribution is 2.56. The predicted octanol–water partition coefficient (Wildman–Crippen LogP) is 6.37. The summed E-state index contributed by atoms with van der Waals surface area (Å²) in [7, 11) is 3.48. The van der Waals surface area contributed by atoms with Gasteiger partial charge in [-0.3, -0.25) is 0 Å². The van der Waals surface area contributed by atoms with Crippen LogP contribution in [0.15, 0.2) is 72.8 Å². The van der Waals surface area contributed by atoms with E-state index in [4.69, 9.17) is 9.47 Å². The first-order valence-corrected chi connectivity index (χ1v) is 10.9. The van der Waals surface area contributed by atoms with Gasteiger partial charge in [0.2, 0.25) is 0 Å². The van der Waals surface area contributed by atoms with Crippen LogP contribution in [0.1, 0.15) is 29.2 Å². The van der Waals surface area contributed by atoms with Crippen molar-refractivity contribution in [3.63, 3.8) is 0 Å². The van der Waals surface area contributed by atoms with Crippen LogP contribution in [-0.2, 0) is 5.41 Å². The lowest BCUT2D eigenvalue weighted by Crippen LogP contribution is -2.23. The van der Waals surface area contributed by atoms with Crippen LogP contribution in [0.3, 0.4) is 0 Å². The van der Waals surface area contributed by atoms with E-state index in [9.17, 15) is 0 Å². The summed E-state index contributed by atoms with van der Waals surface area (Å²) in [4.78, 5) is 0. The van der Waals surface area contributed by atoms with Gasteiger partial charge in [0.15, 0.2) is 0 Å². The van der Waals surface area contributed by atoms with Crippen LogP contribution in [0, 0.1) is 0 Å². The Morgan fingerprint density at radius 2 is 1.21 bits per heavy atom. The third kappa shape index (κ3) is 2.84. The van der Waals surface area contributed by atoms with E-state index < -0.39 is 0 Å². The fraction of sp³-hybridized carbons (Fsp3) is 0.200. The molecule has 0 bridgehead atoms. The molecule has 0 saturated heterocycles. The smallest absolute Gasteiger partial charge is 0.126 e. The van der Waals surface area contributed by atoms with Gasteiger partial charge in [-0.15, -0.1) is 0 Å². The molecule has 0 fully saturated rings. The summed E-state index contributed by atoms with van der Waals surface area (Å²) in [5.74, 6) is 1.78. The van der Waals surface area contributed by atoms with Gasteiger partial charge in [0, 0.05) is 21.0 Å². The molecule has 3 heteroatoms. The molecule has 0 aromatic heterocycles. The van der Waals surface area contributed by atoms with Crippen molar-refractivity contribution in [2.24, 2.45) is 0 Å². The van der Waals surface area contributed by atoms with Crippen molar-refractivity contribution in [3.05, 3.63) is 95.1 Å². The Labute approximate surface area is 180 Å². The molecule has 0 aliphatic heterocycles. The fourth-order valence-corrected chi connectivity index (χ4v) is 5.07. The summed E-state index contributed by atoms with van der Waals surface area (Å²) >= 11 is 2.51. The minimum Gasteiger partial charge on any atom is -0.496 e. The molecule has 142 valence electrons. The van der Waals surface area contributed by atoms with Gasteiger partial charge >= 0.3 is 0 Å². The van der Waals surface area contributed by atoms with Crippen LogP contribution in [0.4, 0.5) is 0 Å². The van der Waals surface area contributed by atoms with E-state index in [1.165, 1.54) is 22.3 Å². The molecule has 0 N–H and O–H groups in total. The average Bonchev–Trinajstić information content (AvgIpc) is 3.03. The van der Waals surface area contributed by atoms with E-state index >= 15 is 0 Å². The summed E-state index contributed by atoms with van der Waals surface area (Å²) in [6, 6.07) is 25.3. The van der Waals surface area contributed by atoms with E-state index in [0.717, 1.165) is 27.1 Å². The number of ether oxygens (including phenoxy) is 2. The Balaban J connectivity index is 2.15. The van der Waals surface area contributed by atoms with Crippen LogP contribution in [0.2, 0.25) is 0 Å². The molecule has 1 atom stereocenters. The lowest BCUT2D eigenvalue weighted by molar-refractivity contribution is 0.412. The van der Waals surface area contributed by atoms with Crippen LogP contribution in [0.5, 0.6) is 11.5 Å². The Kier molecular flexibility index (Phi) is 5.19. The highest BCUT2D eigenvalue weighted by atomic mass is 127. The maximum atomic E-state index is 5.77. The molecule has 4 rings (SSSR count). The van der Waals surface area contributed by atoms with Crippen molar-refractivity contribution in [1.29, 1.82) is 0 Å². The van der Waals surface area contributed by atoms with Gasteiger partial charge < -0.3 is 9.47 Å². The molecule has 3 aromatic carbocycles. The maximum Gasteiger partial charge on any atom is 0.126 e. The number of para-hydroxylation sites is 2. The van der Waals surface area contributed by atoms with Gasteiger partial charge in [-0.25, -0.2) is 0 Å². The third-order valence-corrected chi connectivity index (χ3v) is 7.14. The first kappa shape index (κ1) is 19.1. The van der Waals surface area contributed by atoms with Gasteiger partial charge in [-0.05, 0) is 34.4 Å². The molecule has 2 nitrogen and oxygen atoms in total. The summed E-state index contributed by atoms with van der Waals surface area (Å²) in [5, 5.41) is 0. The predicted molar refractivity (Wildman–Crippen MR) is 125 cm³/mol. The number of hydrogen-bond acceptors (Lipinski definition) is 2. The molecule has 0 spiro atoms. The average molecular weight is 482 g/mol. The summed E-state index contributed by atoms with van der Waals surface area (Å²) < 4.78 is 12.5. The monoisotopic (exact) mass is 482 g/mol. The molecular weight excluding hydrogens is 459 g/mol. The Hall–Kier alpha value is -2.27. The zero-order chi connectivity index (χ0) is 19.7. The number of allylic oxidation sites excluding steroid dienone is 1. The lowest BCUT2D eigenvalue weighted by Gasteiger charge is -2.29. The van der Waals surface area contributed by atoms with Crippen molar-refractivity contribution in [2.75, 3.05) is 18.6 Å². The van der Waals surface area contributed by atoms with Gasteiger partial charge in [0.05, 0.1) is 14.2 Å². The molecular formula is C25H23IO2. The molecule has 1 unspecified atom stereocenters. The van der Waals surface area contributed by atoms with Crippen molar-refractivity contribution in [1.82, 2.24) is 0 Å². The first-order chi connectivity index (χ1) is 13.7. The van der Waals surface area contributed by atoms with Crippen molar-refractivity contribution < 1.29 is 9.47 Å². The van der Waals surface area contributed by atoms with E-state index in [0.29, 0.717) is 0 Å². The molecule has 28 heavy (non-hydrogen) atoms. The van der Waals surface area contributed by atoms with Crippen LogP contribution in [0.25, 0.3) is 11.1 Å². The highest BCUT2D eigenvalue weighted by Gasteiger charge is 2.42. The Bertz CT molecular complexity index is 1050. The molecule has 0 radical (unpaired) electrons. The molecule has 0 saturated carbocycles. The normalized spacial score (nSPS) is 18.1. The molecule has 1 aliphatic rings. The number of alkyl halides is 1. The lowest BCUT2D eigenvalue weighted by atomic mass is 9.77. The molecule has 0 heterocycles. The van der Waals surface area contributed by atoms with Crippen molar-refractivity contribution in [3.8, 4) is 11.5 Å². The Morgan fingerprint density at radius 1 is 0.714 bits per heavy atom. The van der Waals surface area contributed by atoms with Crippen LogP contribution in [-0.4, -0.2) is 18.6 Å². The van der Waals surface area contributed by atoms with Gasteiger partial charge in [-0.2, -0.15) is 0 Å². The summed E-state index contributed by atoms with van der Waals surface area (Å²) in [6.45, 7) is 2.34. The van der Waals surface area contributed by atoms with Crippen molar-refractivity contribution in [2.45, 2.75) is 12.3 Å². The third-order valence-electron chi connectivity index (χ3n) is 5.61. The zero-order valence-electron chi connectivity index (χ0n) is 16.3. The van der Waals surface area contributed by atoms with Crippen LogP contribution >= 0.6 is 22.6 Å². The largest absolute Gasteiger partial charge is 0.496 e. The Morgan fingerprint density at radius 3 is 1.82 bits per heavy atom. The topological polar surface area (TPSA) is 18.5 Å². The van der Waals surface area contributed by atoms with Crippen LogP contribution < -0.4 is 9.47 Å². The standard InChI is InChI=1S/C25H23IO2/c1-25(16-26)20-13-7-4-10-17(20)23(18-11-5-8-14-21(18)27-2)24(25)19-12-6-9-15-22(19)28-3/h4-15H,16H2,1-3H3. The number of benzene rings is 3. The number of rotatable bonds is 5. The van der Waals surface area contributed by atoms with Crippen molar-refractivity contribution >= 4 is 33.7 Å². The SMILES string of the molecule is COc1ccccc1C1=C(c2ccccc2OC)C(C)(CI)c2ccccc21. The van der Waals surface area contributed by atoms with E-state index in [1.54, 1.807) is 14.2 Å². The summed E-state index contributed by atoms with van der Waals surface area (Å²) in [6.07, 6.45) is 0. The zero-order valence-corrected chi connectivity index (χ0v) is 18.5. The maximum absolute atomic E-state index is 5.77. The summed E-state index contributed by atoms with van der Waals surface area (Å²) in [5.41, 5.74) is 7.29. The second kappa shape index (κ2) is 7.63. The second-order valence-electron chi connectivity index (χ2n) is 7.16. The number of methoxy groups -OCH3 is 2. The second-order valence-corrected chi connectivity index (χ2v) is 7.92. The molecule has 3 aromatic rings. The number of fused-ring (bicyclic) bond motifs is 1. The first-order valence-electron chi connectivity index (χ1n) is 9.33. The quantitative estimate of drug-likeness (QED) is 0.311. The van der Waals surface area contributed by atoms with Gasteiger partial charge in [-0.1, -0.05) is 90.2 Å². The minimum atomic E-state index is -0.123. The minimum absolute atomic E-state index is 0.123. The highest BCUT2D eigenvalue weighted by molar-refractivity contribution is 14.1. The van der Waals surface area contributed by atoms with Gasteiger partial charge in [0.1, 0.15) is 11.5 Å². The van der Waals surface area contributed by atoms with E-state index in [2.05, 4.69) is 78.0 Å². The van der Waals surface area contributed by atoms with E-state index in [1.807, 2.05) is 24.3 Å². The van der Waals surface area contributed by atoms with Gasteiger partial charge in [0.25, 0.3) is 0 Å². The molecule has 0 amide bonds. The fourth-order valence-electron chi connectivity index (χ4n) is 4.28. The number of halogens is 1. The number of hydrogen-bond donors (Lipinski definition) is 0. The molecule has 1 aliphatic carbocycles.